The van der Waals surface area contributed by atoms with E-state index in [-0.39, 0.29) is 43.1 Å². The lowest BCUT2D eigenvalue weighted by molar-refractivity contribution is -0.132. The molecule has 47 heavy (non-hydrogen) atoms. The molecular weight excluding hydrogens is 614 g/mol. The third-order valence-corrected chi connectivity index (χ3v) is 9.08. The van der Waals surface area contributed by atoms with Gasteiger partial charge in [-0.2, -0.15) is 4.39 Å². The maximum atomic E-state index is 14.9. The molecule has 1 saturated heterocycles. The molecule has 2 atom stereocenters. The zero-order valence-electron chi connectivity index (χ0n) is 26.3. The summed E-state index contributed by atoms with van der Waals surface area (Å²) in [5, 5.41) is 3.56. The van der Waals surface area contributed by atoms with E-state index in [0.717, 1.165) is 35.6 Å². The molecule has 0 radical (unpaired) electrons. The number of hydrogen-bond acceptors (Lipinski definition) is 5. The van der Waals surface area contributed by atoms with Gasteiger partial charge >= 0.3 is 0 Å². The first-order valence-electron chi connectivity index (χ1n) is 15.9. The van der Waals surface area contributed by atoms with E-state index >= 15 is 0 Å². The maximum absolute atomic E-state index is 14.9. The molecule has 2 fully saturated rings. The molecule has 2 bridgehead atoms. The van der Waals surface area contributed by atoms with Crippen molar-refractivity contribution < 1.29 is 36.6 Å². The fourth-order valence-electron chi connectivity index (χ4n) is 6.48. The van der Waals surface area contributed by atoms with Crippen molar-refractivity contribution >= 4 is 17.4 Å². The van der Waals surface area contributed by atoms with E-state index in [1.165, 1.54) is 20.1 Å². The minimum Gasteiger partial charge on any atom is -0.497 e. The number of methoxy groups -OCH3 is 1. The van der Waals surface area contributed by atoms with Crippen molar-refractivity contribution in [3.05, 3.63) is 100 Å². The molecular formula is C36H37F4N3O4. The highest BCUT2D eigenvalue weighted by molar-refractivity contribution is 6.03. The van der Waals surface area contributed by atoms with Crippen molar-refractivity contribution in [2.24, 2.45) is 0 Å². The molecule has 0 aromatic heterocycles. The SMILES string of the molecule is COc1ccc(F)c(CN(C(=O)C2=C(c3ccc(CCCOc4c(F)ccc(F)c4F)cc3)C[C@@H]3CN(C(C)=O)C[C@H]2N3)C2CC2)c1. The molecule has 0 unspecified atom stereocenters. The summed E-state index contributed by atoms with van der Waals surface area (Å²) in [6.07, 6.45) is 3.18. The average Bonchev–Trinajstić information content (AvgIpc) is 3.91. The third-order valence-electron chi connectivity index (χ3n) is 9.08. The summed E-state index contributed by atoms with van der Waals surface area (Å²) in [7, 11) is 1.51. The molecule has 2 aliphatic heterocycles. The fraction of sp³-hybridized carbons (Fsp3) is 0.389. The zero-order chi connectivity index (χ0) is 33.2. The van der Waals surface area contributed by atoms with Gasteiger partial charge in [0.2, 0.25) is 11.7 Å². The van der Waals surface area contributed by atoms with Gasteiger partial charge in [-0.05, 0) is 79.1 Å². The number of fused-ring (bicyclic) bond motifs is 2. The third kappa shape index (κ3) is 7.15. The number of benzene rings is 3. The predicted molar refractivity (Wildman–Crippen MR) is 168 cm³/mol. The van der Waals surface area contributed by atoms with Crippen LogP contribution in [0.1, 0.15) is 49.3 Å². The Labute approximate surface area is 271 Å². The summed E-state index contributed by atoms with van der Waals surface area (Å²) < 4.78 is 66.7. The van der Waals surface area contributed by atoms with Crippen LogP contribution in [0.2, 0.25) is 0 Å². The van der Waals surface area contributed by atoms with E-state index in [2.05, 4.69) is 5.32 Å². The number of amides is 2. The molecule has 11 heteroatoms. The predicted octanol–water partition coefficient (Wildman–Crippen LogP) is 5.80. The average molecular weight is 652 g/mol. The van der Waals surface area contributed by atoms with Gasteiger partial charge in [-0.3, -0.25) is 9.59 Å². The lowest BCUT2D eigenvalue weighted by Crippen LogP contribution is -2.61. The largest absolute Gasteiger partial charge is 0.497 e. The van der Waals surface area contributed by atoms with Crippen molar-refractivity contribution in [1.29, 1.82) is 0 Å². The molecule has 0 spiro atoms. The number of hydrogen-bond donors (Lipinski definition) is 1. The van der Waals surface area contributed by atoms with Gasteiger partial charge in [0.1, 0.15) is 11.6 Å². The van der Waals surface area contributed by atoms with Gasteiger partial charge in [-0.1, -0.05) is 24.3 Å². The Balaban J connectivity index is 1.24. The summed E-state index contributed by atoms with van der Waals surface area (Å²) in [5.41, 5.74) is 3.70. The van der Waals surface area contributed by atoms with Gasteiger partial charge in [0.15, 0.2) is 17.4 Å². The van der Waals surface area contributed by atoms with Crippen LogP contribution in [-0.4, -0.2) is 66.5 Å². The Morgan fingerprint density at radius 2 is 1.68 bits per heavy atom. The molecule has 1 N–H and O–H groups in total. The van der Waals surface area contributed by atoms with Crippen LogP contribution in [0.15, 0.2) is 60.2 Å². The van der Waals surface area contributed by atoms with Crippen molar-refractivity contribution in [3.8, 4) is 11.5 Å². The summed E-state index contributed by atoms with van der Waals surface area (Å²) in [6.45, 7) is 2.51. The maximum Gasteiger partial charge on any atom is 0.252 e. The highest BCUT2D eigenvalue weighted by Crippen LogP contribution is 2.38. The number of aryl methyl sites for hydroxylation is 1. The number of piperazine rings is 1. The minimum atomic E-state index is -1.35. The number of nitrogens with one attached hydrogen (secondary N) is 1. The van der Waals surface area contributed by atoms with Crippen LogP contribution < -0.4 is 14.8 Å². The topological polar surface area (TPSA) is 71.1 Å². The quantitative estimate of drug-likeness (QED) is 0.161. The van der Waals surface area contributed by atoms with Gasteiger partial charge in [-0.25, -0.2) is 13.2 Å². The first-order chi connectivity index (χ1) is 22.6. The zero-order valence-corrected chi connectivity index (χ0v) is 26.3. The number of ether oxygens (including phenoxy) is 2. The second-order valence-corrected chi connectivity index (χ2v) is 12.4. The van der Waals surface area contributed by atoms with Crippen molar-refractivity contribution in [1.82, 2.24) is 15.1 Å². The molecule has 3 aromatic carbocycles. The van der Waals surface area contributed by atoms with E-state index in [0.29, 0.717) is 55.3 Å². The summed E-state index contributed by atoms with van der Waals surface area (Å²) in [5.74, 6) is -4.33. The Morgan fingerprint density at radius 3 is 2.38 bits per heavy atom. The molecule has 1 aliphatic carbocycles. The Bertz CT molecular complexity index is 1690. The number of carbonyl (C=O) groups excluding carboxylic acids is 2. The van der Waals surface area contributed by atoms with E-state index in [1.54, 1.807) is 21.9 Å². The van der Waals surface area contributed by atoms with Gasteiger partial charge < -0.3 is 24.6 Å². The highest BCUT2D eigenvalue weighted by Gasteiger charge is 2.43. The van der Waals surface area contributed by atoms with E-state index in [9.17, 15) is 27.2 Å². The van der Waals surface area contributed by atoms with Crippen molar-refractivity contribution in [2.75, 3.05) is 26.8 Å². The standard InChI is InChI=1S/C36H37F4N3O4/c1-21(44)42-19-25-17-28(23-7-5-22(6-8-23)4-3-15-47-35-31(39)14-13-30(38)34(35)40)33(32(20-42)41-25)36(45)43(26-9-10-26)18-24-16-27(46-2)11-12-29(24)37/h5-8,11-14,16,25-26,32,41H,3-4,9-10,15,17-20H2,1-2H3/t25-,32-/m1/s1. The van der Waals surface area contributed by atoms with Gasteiger partial charge in [0, 0.05) is 49.8 Å². The van der Waals surface area contributed by atoms with Crippen LogP contribution >= 0.6 is 0 Å². The van der Waals surface area contributed by atoms with Crippen LogP contribution in [0.25, 0.3) is 5.57 Å². The number of halogens is 4. The van der Waals surface area contributed by atoms with Crippen molar-refractivity contribution in [3.63, 3.8) is 0 Å². The van der Waals surface area contributed by atoms with Crippen LogP contribution in [0.3, 0.4) is 0 Å². The monoisotopic (exact) mass is 651 g/mol. The van der Waals surface area contributed by atoms with E-state index < -0.39 is 29.0 Å². The second-order valence-electron chi connectivity index (χ2n) is 12.4. The molecule has 248 valence electrons. The smallest absolute Gasteiger partial charge is 0.252 e. The molecule has 3 aliphatic rings. The van der Waals surface area contributed by atoms with Crippen LogP contribution in [0.5, 0.6) is 11.5 Å². The second kappa shape index (κ2) is 13.8. The van der Waals surface area contributed by atoms with Gasteiger partial charge in [0.05, 0.1) is 19.8 Å². The Kier molecular flexibility index (Phi) is 9.54. The van der Waals surface area contributed by atoms with Crippen LogP contribution in [0, 0.1) is 23.3 Å². The van der Waals surface area contributed by atoms with Crippen LogP contribution in [0.4, 0.5) is 17.6 Å². The Hall–Kier alpha value is -4.38. The summed E-state index contributed by atoms with van der Waals surface area (Å²) >= 11 is 0. The molecule has 2 amide bonds. The number of carbonyl (C=O) groups is 2. The molecule has 7 nitrogen and oxygen atoms in total. The lowest BCUT2D eigenvalue weighted by atomic mass is 9.82. The fourth-order valence-corrected chi connectivity index (χ4v) is 6.48. The van der Waals surface area contributed by atoms with E-state index in [4.69, 9.17) is 9.47 Å². The number of nitrogens with zero attached hydrogens (tertiary/aromatic N) is 2. The highest BCUT2D eigenvalue weighted by atomic mass is 19.2. The summed E-state index contributed by atoms with van der Waals surface area (Å²) in [4.78, 5) is 30.4. The lowest BCUT2D eigenvalue weighted by Gasteiger charge is -2.44. The number of rotatable bonds is 11. The normalized spacial score (nSPS) is 19.1. The first-order valence-corrected chi connectivity index (χ1v) is 15.9. The van der Waals surface area contributed by atoms with Gasteiger partial charge in [-0.15, -0.1) is 0 Å². The first kappa shape index (κ1) is 32.6. The molecule has 2 heterocycles. The molecule has 6 rings (SSSR count). The van der Waals surface area contributed by atoms with Gasteiger partial charge in [0.25, 0.3) is 5.91 Å². The summed E-state index contributed by atoms with van der Waals surface area (Å²) in [6, 6.07) is 13.4. The van der Waals surface area contributed by atoms with Crippen molar-refractivity contribution in [2.45, 2.75) is 63.7 Å². The van der Waals surface area contributed by atoms with E-state index in [1.807, 2.05) is 24.3 Å². The van der Waals surface area contributed by atoms with Crippen LogP contribution in [-0.2, 0) is 22.6 Å². The molecule has 3 aromatic rings. The molecule has 1 saturated carbocycles. The Morgan fingerprint density at radius 1 is 0.957 bits per heavy atom. The minimum absolute atomic E-state index is 0.00455.